The monoisotopic (exact) mass is 619 g/mol. The van der Waals surface area contributed by atoms with Crippen LogP contribution in [0.25, 0.3) is 0 Å². The first-order valence-electron chi connectivity index (χ1n) is 14.0. The molecule has 14 heteroatoms. The summed E-state index contributed by atoms with van der Waals surface area (Å²) in [7, 11) is -1.84. The van der Waals surface area contributed by atoms with Crippen LogP contribution in [0.1, 0.15) is 43.6 Å². The summed E-state index contributed by atoms with van der Waals surface area (Å²) < 4.78 is 35.6. The van der Waals surface area contributed by atoms with E-state index in [1.807, 2.05) is 18.7 Å². The summed E-state index contributed by atoms with van der Waals surface area (Å²) in [4.78, 5) is 41.2. The number of carbonyl (C=O) groups excluding carboxylic acids is 2. The summed E-state index contributed by atoms with van der Waals surface area (Å²) in [5.74, 6) is -0.537. The number of amides is 2. The highest BCUT2D eigenvalue weighted by Crippen LogP contribution is 2.33. The van der Waals surface area contributed by atoms with Crippen LogP contribution in [-0.4, -0.2) is 104 Å². The van der Waals surface area contributed by atoms with E-state index in [1.54, 1.807) is 18.3 Å². The SMILES string of the molecule is COCC(=O)N1CCN(Cc2cnc(NC(=O)/C(=N/O[C@@H]3CCOC3)c3ccc(S(=O)(=O)C4CC4)cc3)s2)CC1(C)C. The number of methoxy groups -OCH3 is 1. The number of ether oxygens (including phenoxy) is 2. The van der Waals surface area contributed by atoms with Gasteiger partial charge in [-0.15, -0.1) is 11.3 Å². The number of nitrogens with zero attached hydrogens (tertiary/aromatic N) is 4. The summed E-state index contributed by atoms with van der Waals surface area (Å²) >= 11 is 1.36. The Bertz CT molecular complexity index is 1410. The van der Waals surface area contributed by atoms with Crippen LogP contribution in [0.4, 0.5) is 5.13 Å². The van der Waals surface area contributed by atoms with E-state index in [4.69, 9.17) is 14.3 Å². The van der Waals surface area contributed by atoms with E-state index >= 15 is 0 Å². The lowest BCUT2D eigenvalue weighted by Crippen LogP contribution is -2.61. The Balaban J connectivity index is 1.25. The van der Waals surface area contributed by atoms with Gasteiger partial charge < -0.3 is 19.2 Å². The van der Waals surface area contributed by atoms with Crippen molar-refractivity contribution in [1.82, 2.24) is 14.8 Å². The van der Waals surface area contributed by atoms with Crippen LogP contribution < -0.4 is 5.32 Å². The lowest BCUT2D eigenvalue weighted by atomic mass is 9.98. The number of nitrogens with one attached hydrogen (secondary N) is 1. The Morgan fingerprint density at radius 3 is 2.60 bits per heavy atom. The molecule has 1 aliphatic carbocycles. The van der Waals surface area contributed by atoms with Crippen molar-refractivity contribution in [3.05, 3.63) is 40.9 Å². The summed E-state index contributed by atoms with van der Waals surface area (Å²) in [6.45, 7) is 7.73. The molecule has 3 aliphatic rings. The van der Waals surface area contributed by atoms with E-state index in [0.717, 1.165) is 4.88 Å². The second-order valence-corrected chi connectivity index (χ2v) is 14.7. The molecular formula is C28H37N5O7S2. The molecule has 0 spiro atoms. The van der Waals surface area contributed by atoms with Gasteiger partial charge in [0.1, 0.15) is 6.61 Å². The van der Waals surface area contributed by atoms with E-state index < -0.39 is 15.7 Å². The van der Waals surface area contributed by atoms with Crippen molar-refractivity contribution in [2.75, 3.05) is 51.9 Å². The van der Waals surface area contributed by atoms with E-state index in [-0.39, 0.29) is 40.0 Å². The van der Waals surface area contributed by atoms with Crippen molar-refractivity contribution < 1.29 is 32.3 Å². The van der Waals surface area contributed by atoms with Gasteiger partial charge >= 0.3 is 0 Å². The third-order valence-corrected chi connectivity index (χ3v) is 10.7. The molecule has 5 rings (SSSR count). The fourth-order valence-corrected chi connectivity index (χ4v) is 7.70. The number of rotatable bonds is 11. The van der Waals surface area contributed by atoms with Crippen LogP contribution in [0.15, 0.2) is 40.5 Å². The first-order valence-corrected chi connectivity index (χ1v) is 16.4. The van der Waals surface area contributed by atoms with Gasteiger partial charge in [0.15, 0.2) is 26.8 Å². The van der Waals surface area contributed by atoms with Crippen molar-refractivity contribution in [2.24, 2.45) is 5.16 Å². The molecule has 1 atom stereocenters. The molecule has 2 saturated heterocycles. The smallest absolute Gasteiger partial charge is 0.280 e. The predicted octanol–water partition coefficient (Wildman–Crippen LogP) is 2.30. The summed E-state index contributed by atoms with van der Waals surface area (Å²) in [5.41, 5.74) is 0.104. The van der Waals surface area contributed by atoms with Gasteiger partial charge in [-0.05, 0) is 38.8 Å². The molecule has 3 fully saturated rings. The number of sulfone groups is 1. The minimum Gasteiger partial charge on any atom is -0.389 e. The Morgan fingerprint density at radius 1 is 1.19 bits per heavy atom. The zero-order valence-electron chi connectivity index (χ0n) is 24.1. The molecule has 228 valence electrons. The van der Waals surface area contributed by atoms with Crippen molar-refractivity contribution in [2.45, 2.75) is 61.4 Å². The summed E-state index contributed by atoms with van der Waals surface area (Å²) in [6, 6.07) is 6.18. The normalized spacial score (nSPS) is 21.4. The predicted molar refractivity (Wildman–Crippen MR) is 157 cm³/mol. The molecule has 2 amide bonds. The minimum absolute atomic E-state index is 0.0209. The number of piperazine rings is 1. The van der Waals surface area contributed by atoms with Gasteiger partial charge in [0.25, 0.3) is 5.91 Å². The van der Waals surface area contributed by atoms with Gasteiger partial charge in [-0.1, -0.05) is 17.3 Å². The molecule has 1 N–H and O–H groups in total. The molecule has 1 saturated carbocycles. The van der Waals surface area contributed by atoms with Crippen molar-refractivity contribution >= 4 is 43.8 Å². The molecule has 2 aliphatic heterocycles. The van der Waals surface area contributed by atoms with Gasteiger partial charge in [0.05, 0.1) is 28.9 Å². The Morgan fingerprint density at radius 2 is 1.95 bits per heavy atom. The highest BCUT2D eigenvalue weighted by Gasteiger charge is 2.38. The van der Waals surface area contributed by atoms with Crippen LogP contribution in [0.5, 0.6) is 0 Å². The molecule has 0 radical (unpaired) electrons. The van der Waals surface area contributed by atoms with Crippen LogP contribution in [0, 0.1) is 0 Å². The molecule has 12 nitrogen and oxygen atoms in total. The molecule has 0 bridgehead atoms. The molecular weight excluding hydrogens is 582 g/mol. The number of aromatic nitrogens is 1. The number of anilines is 1. The Kier molecular flexibility index (Phi) is 9.28. The quantitative estimate of drug-likeness (QED) is 0.296. The summed E-state index contributed by atoms with van der Waals surface area (Å²) in [6.07, 6.45) is 3.49. The number of oxime groups is 1. The zero-order chi connectivity index (χ0) is 29.9. The van der Waals surface area contributed by atoms with Crippen LogP contribution in [0.2, 0.25) is 0 Å². The number of hydrogen-bond donors (Lipinski definition) is 1. The van der Waals surface area contributed by atoms with Crippen LogP contribution in [0.3, 0.4) is 0 Å². The molecule has 42 heavy (non-hydrogen) atoms. The van der Waals surface area contributed by atoms with Crippen molar-refractivity contribution in [3.8, 4) is 0 Å². The first-order chi connectivity index (χ1) is 20.1. The fourth-order valence-electron chi connectivity index (χ4n) is 5.19. The minimum atomic E-state index is -3.35. The maximum atomic E-state index is 13.4. The third-order valence-electron chi connectivity index (χ3n) is 7.52. The summed E-state index contributed by atoms with van der Waals surface area (Å²) in [5, 5.41) is 7.08. The zero-order valence-corrected chi connectivity index (χ0v) is 25.7. The molecule has 1 aromatic carbocycles. The number of carbonyl (C=O) groups is 2. The van der Waals surface area contributed by atoms with E-state index in [0.29, 0.717) is 69.4 Å². The average molecular weight is 620 g/mol. The van der Waals surface area contributed by atoms with Crippen LogP contribution in [-0.2, 0) is 40.3 Å². The van der Waals surface area contributed by atoms with E-state index in [9.17, 15) is 18.0 Å². The van der Waals surface area contributed by atoms with Crippen molar-refractivity contribution in [1.29, 1.82) is 0 Å². The van der Waals surface area contributed by atoms with E-state index in [2.05, 4.69) is 20.4 Å². The molecule has 2 aromatic rings. The van der Waals surface area contributed by atoms with Gasteiger partial charge in [-0.2, -0.15) is 0 Å². The maximum Gasteiger partial charge on any atom is 0.280 e. The third kappa shape index (κ3) is 7.17. The van der Waals surface area contributed by atoms with Crippen molar-refractivity contribution in [3.63, 3.8) is 0 Å². The largest absolute Gasteiger partial charge is 0.389 e. The molecule has 3 heterocycles. The average Bonchev–Trinajstić information content (AvgIpc) is 3.53. The Hall–Kier alpha value is -2.91. The lowest BCUT2D eigenvalue weighted by Gasteiger charge is -2.47. The molecule has 0 unspecified atom stereocenters. The standard InChI is InChI=1S/C28H37N5O7S2/c1-28(2)18-32(11-12-33(28)24(34)17-38-3)15-21-14-29-27(41-21)30-26(35)25(31-40-20-10-13-39-16-20)19-4-6-22(7-5-19)42(36,37)23-8-9-23/h4-7,14,20,23H,8-13,15-18H2,1-3H3,(H,29,30,35)/b31-25+/t20-/m1/s1. The highest BCUT2D eigenvalue weighted by molar-refractivity contribution is 7.92. The Labute approximate surface area is 249 Å². The second kappa shape index (κ2) is 12.8. The topological polar surface area (TPSA) is 140 Å². The highest BCUT2D eigenvalue weighted by atomic mass is 32.2. The number of hydrogen-bond acceptors (Lipinski definition) is 11. The van der Waals surface area contributed by atoms with E-state index in [1.165, 1.54) is 30.6 Å². The first kappa shape index (κ1) is 30.5. The van der Waals surface area contributed by atoms with Gasteiger partial charge in [-0.3, -0.25) is 19.8 Å². The second-order valence-electron chi connectivity index (χ2n) is 11.4. The van der Waals surface area contributed by atoms with Crippen LogP contribution >= 0.6 is 11.3 Å². The maximum absolute atomic E-state index is 13.4. The number of thiazole rings is 1. The fraction of sp³-hybridized carbons (Fsp3) is 0.571. The lowest BCUT2D eigenvalue weighted by molar-refractivity contribution is -0.144. The van der Waals surface area contributed by atoms with Gasteiger partial charge in [-0.25, -0.2) is 13.4 Å². The van der Waals surface area contributed by atoms with Gasteiger partial charge in [0, 0.05) is 56.3 Å². The number of benzene rings is 1. The van der Waals surface area contributed by atoms with Gasteiger partial charge in [0.2, 0.25) is 5.91 Å². The molecule has 1 aromatic heterocycles.